The highest BCUT2D eigenvalue weighted by molar-refractivity contribution is 5.75. The SMILES string of the molecule is CC1=C(F)CC(c2cccc(C=O)c2)(N2CCCCCC2)C=C1. The van der Waals surface area contributed by atoms with Gasteiger partial charge in [0.1, 0.15) is 12.1 Å². The van der Waals surface area contributed by atoms with Crippen molar-refractivity contribution in [2.24, 2.45) is 0 Å². The Morgan fingerprint density at radius 2 is 1.91 bits per heavy atom. The molecule has 0 N–H and O–H groups in total. The molecule has 1 heterocycles. The molecule has 1 saturated heterocycles. The van der Waals surface area contributed by atoms with Gasteiger partial charge < -0.3 is 0 Å². The minimum Gasteiger partial charge on any atom is -0.298 e. The lowest BCUT2D eigenvalue weighted by atomic mass is 9.79. The summed E-state index contributed by atoms with van der Waals surface area (Å²) in [5.41, 5.74) is 1.91. The maximum atomic E-state index is 14.5. The van der Waals surface area contributed by atoms with Gasteiger partial charge in [-0.3, -0.25) is 9.69 Å². The maximum absolute atomic E-state index is 14.5. The highest BCUT2D eigenvalue weighted by Crippen LogP contribution is 2.42. The van der Waals surface area contributed by atoms with E-state index in [1.165, 1.54) is 12.8 Å². The van der Waals surface area contributed by atoms with Crippen LogP contribution in [0.3, 0.4) is 0 Å². The van der Waals surface area contributed by atoms with Gasteiger partial charge in [-0.25, -0.2) is 4.39 Å². The summed E-state index contributed by atoms with van der Waals surface area (Å²) in [6.07, 6.45) is 10.0. The van der Waals surface area contributed by atoms with Gasteiger partial charge in [0.25, 0.3) is 0 Å². The largest absolute Gasteiger partial charge is 0.298 e. The van der Waals surface area contributed by atoms with Crippen LogP contribution in [-0.4, -0.2) is 24.3 Å². The molecule has 1 fully saturated rings. The number of likely N-dealkylation sites (tertiary alicyclic amines) is 1. The highest BCUT2D eigenvalue weighted by Gasteiger charge is 2.39. The van der Waals surface area contributed by atoms with Gasteiger partial charge in [-0.1, -0.05) is 43.2 Å². The molecule has 0 radical (unpaired) electrons. The molecule has 0 bridgehead atoms. The van der Waals surface area contributed by atoms with E-state index in [0.717, 1.165) is 37.8 Å². The average Bonchev–Trinajstić information content (AvgIpc) is 2.87. The van der Waals surface area contributed by atoms with Crippen LogP contribution in [-0.2, 0) is 5.54 Å². The Morgan fingerprint density at radius 3 is 2.57 bits per heavy atom. The normalized spacial score (nSPS) is 26.2. The molecule has 0 aromatic heterocycles. The highest BCUT2D eigenvalue weighted by atomic mass is 19.1. The van der Waals surface area contributed by atoms with Crippen molar-refractivity contribution in [3.8, 4) is 0 Å². The molecule has 1 aromatic carbocycles. The predicted molar refractivity (Wildman–Crippen MR) is 91.1 cm³/mol. The molecular formula is C20H24FNO. The number of nitrogens with zero attached hydrogens (tertiary/aromatic N) is 1. The third-order valence-corrected chi connectivity index (χ3v) is 5.15. The van der Waals surface area contributed by atoms with Crippen LogP contribution in [0.4, 0.5) is 4.39 Å². The minimum atomic E-state index is -0.465. The molecule has 122 valence electrons. The Morgan fingerprint density at radius 1 is 1.17 bits per heavy atom. The van der Waals surface area contributed by atoms with E-state index in [9.17, 15) is 9.18 Å². The topological polar surface area (TPSA) is 20.3 Å². The Bertz CT molecular complexity index is 641. The summed E-state index contributed by atoms with van der Waals surface area (Å²) in [7, 11) is 0. The van der Waals surface area contributed by atoms with Crippen LogP contribution < -0.4 is 0 Å². The van der Waals surface area contributed by atoms with Crippen LogP contribution in [0.1, 0.15) is 54.9 Å². The number of carbonyl (C=O) groups is 1. The molecule has 3 heteroatoms. The molecular weight excluding hydrogens is 289 g/mol. The van der Waals surface area contributed by atoms with Gasteiger partial charge in [-0.2, -0.15) is 0 Å². The number of halogens is 1. The molecule has 0 amide bonds. The number of hydrogen-bond acceptors (Lipinski definition) is 2. The standard InChI is InChI=1S/C20H24FNO/c1-16-9-10-20(14-19(16)21,22-11-4-2-3-5-12-22)18-8-6-7-17(13-18)15-23/h6-10,13,15H,2-5,11-12,14H2,1H3. The minimum absolute atomic E-state index is 0.0479. The fourth-order valence-corrected chi connectivity index (χ4v) is 3.74. The summed E-state index contributed by atoms with van der Waals surface area (Å²) in [5.74, 6) is -0.0479. The van der Waals surface area contributed by atoms with Crippen LogP contribution in [0, 0.1) is 0 Å². The third-order valence-electron chi connectivity index (χ3n) is 5.15. The summed E-state index contributed by atoms with van der Waals surface area (Å²) in [5, 5.41) is 0. The van der Waals surface area contributed by atoms with Gasteiger partial charge in [-0.15, -0.1) is 0 Å². The van der Waals surface area contributed by atoms with Crippen molar-refractivity contribution in [3.63, 3.8) is 0 Å². The molecule has 1 unspecified atom stereocenters. The predicted octanol–water partition coefficient (Wildman–Crippen LogP) is 4.77. The van der Waals surface area contributed by atoms with Crippen LogP contribution in [0.25, 0.3) is 0 Å². The maximum Gasteiger partial charge on any atom is 0.150 e. The Labute approximate surface area is 137 Å². The van der Waals surface area contributed by atoms with E-state index in [1.54, 1.807) is 6.07 Å². The van der Waals surface area contributed by atoms with E-state index in [1.807, 2.05) is 31.2 Å². The Balaban J connectivity index is 2.06. The van der Waals surface area contributed by atoms with E-state index in [2.05, 4.69) is 11.0 Å². The average molecular weight is 313 g/mol. The van der Waals surface area contributed by atoms with Gasteiger partial charge in [0.05, 0.1) is 5.54 Å². The smallest absolute Gasteiger partial charge is 0.150 e. The van der Waals surface area contributed by atoms with Crippen LogP contribution in [0.2, 0.25) is 0 Å². The molecule has 1 aliphatic carbocycles. The van der Waals surface area contributed by atoms with Crippen LogP contribution in [0.15, 0.2) is 47.8 Å². The third kappa shape index (κ3) is 3.16. The first kappa shape index (κ1) is 16.1. The molecule has 23 heavy (non-hydrogen) atoms. The zero-order valence-electron chi connectivity index (χ0n) is 13.7. The van der Waals surface area contributed by atoms with Gasteiger partial charge in [0, 0.05) is 12.0 Å². The number of rotatable bonds is 3. The van der Waals surface area contributed by atoms with Crippen molar-refractivity contribution in [2.45, 2.75) is 44.6 Å². The summed E-state index contributed by atoms with van der Waals surface area (Å²) in [6.45, 7) is 3.77. The molecule has 0 spiro atoms. The van der Waals surface area contributed by atoms with E-state index < -0.39 is 5.54 Å². The number of benzene rings is 1. The van der Waals surface area contributed by atoms with Gasteiger partial charge in [0.2, 0.25) is 0 Å². The summed E-state index contributed by atoms with van der Waals surface area (Å²) >= 11 is 0. The molecule has 3 rings (SSSR count). The fourth-order valence-electron chi connectivity index (χ4n) is 3.74. The number of hydrogen-bond donors (Lipinski definition) is 0. The van der Waals surface area contributed by atoms with Crippen LogP contribution in [0.5, 0.6) is 0 Å². The molecule has 2 aliphatic rings. The first-order valence-electron chi connectivity index (χ1n) is 8.51. The first-order valence-corrected chi connectivity index (χ1v) is 8.51. The van der Waals surface area contributed by atoms with Crippen molar-refractivity contribution in [2.75, 3.05) is 13.1 Å². The van der Waals surface area contributed by atoms with E-state index >= 15 is 0 Å². The zero-order chi connectivity index (χ0) is 16.3. The Kier molecular flexibility index (Phi) is 4.76. The molecule has 1 aliphatic heterocycles. The van der Waals surface area contributed by atoms with Crippen molar-refractivity contribution < 1.29 is 9.18 Å². The monoisotopic (exact) mass is 313 g/mol. The number of aldehydes is 1. The molecule has 1 atom stereocenters. The van der Waals surface area contributed by atoms with Crippen molar-refractivity contribution >= 4 is 6.29 Å². The van der Waals surface area contributed by atoms with Crippen molar-refractivity contribution in [1.29, 1.82) is 0 Å². The molecule has 1 aromatic rings. The van der Waals surface area contributed by atoms with Crippen LogP contribution >= 0.6 is 0 Å². The van der Waals surface area contributed by atoms with E-state index in [4.69, 9.17) is 0 Å². The zero-order valence-corrected chi connectivity index (χ0v) is 13.7. The number of allylic oxidation sites excluding steroid dienone is 2. The van der Waals surface area contributed by atoms with Gasteiger partial charge in [-0.05, 0) is 50.1 Å². The second-order valence-electron chi connectivity index (χ2n) is 6.67. The summed E-state index contributed by atoms with van der Waals surface area (Å²) in [6, 6.07) is 7.64. The van der Waals surface area contributed by atoms with Crippen molar-refractivity contribution in [3.05, 3.63) is 58.9 Å². The quantitative estimate of drug-likeness (QED) is 0.749. The fraction of sp³-hybridized carbons (Fsp3) is 0.450. The van der Waals surface area contributed by atoms with Gasteiger partial charge >= 0.3 is 0 Å². The van der Waals surface area contributed by atoms with E-state index in [0.29, 0.717) is 17.6 Å². The molecule has 2 nitrogen and oxygen atoms in total. The van der Waals surface area contributed by atoms with E-state index in [-0.39, 0.29) is 5.83 Å². The number of carbonyl (C=O) groups excluding carboxylic acids is 1. The summed E-state index contributed by atoms with van der Waals surface area (Å²) < 4.78 is 14.5. The lowest BCUT2D eigenvalue weighted by molar-refractivity contribution is 0.112. The van der Waals surface area contributed by atoms with Crippen molar-refractivity contribution in [1.82, 2.24) is 4.90 Å². The first-order chi connectivity index (χ1) is 11.2. The second kappa shape index (κ2) is 6.79. The lowest BCUT2D eigenvalue weighted by Crippen LogP contribution is -2.46. The lowest BCUT2D eigenvalue weighted by Gasteiger charge is -2.43. The molecule has 0 saturated carbocycles. The van der Waals surface area contributed by atoms with Gasteiger partial charge in [0.15, 0.2) is 0 Å². The summed E-state index contributed by atoms with van der Waals surface area (Å²) in [4.78, 5) is 13.6. The Hall–Kier alpha value is -1.74. The second-order valence-corrected chi connectivity index (χ2v) is 6.67.